The lowest BCUT2D eigenvalue weighted by atomic mass is 9.82. The summed E-state index contributed by atoms with van der Waals surface area (Å²) in [6.07, 6.45) is 4.86. The lowest BCUT2D eigenvalue weighted by molar-refractivity contribution is -0.138. The minimum Gasteiger partial charge on any atom is -0.444 e. The van der Waals surface area contributed by atoms with E-state index in [4.69, 9.17) is 4.74 Å². The molecular weight excluding hydrogens is 308 g/mol. The van der Waals surface area contributed by atoms with E-state index in [0.717, 1.165) is 19.3 Å². The largest absolute Gasteiger partial charge is 0.444 e. The fourth-order valence-electron chi connectivity index (χ4n) is 3.28. The molecule has 1 unspecified atom stereocenters. The lowest BCUT2D eigenvalue weighted by Crippen LogP contribution is -2.55. The van der Waals surface area contributed by atoms with Crippen molar-refractivity contribution in [1.82, 2.24) is 10.2 Å². The number of Topliss-reactive ketones (excluding diaryl/α,β-unsaturated/α-hetero) is 1. The Morgan fingerprint density at radius 1 is 1.17 bits per heavy atom. The van der Waals surface area contributed by atoms with Crippen molar-refractivity contribution in [2.45, 2.75) is 83.4 Å². The van der Waals surface area contributed by atoms with Gasteiger partial charge in [0.2, 0.25) is 5.91 Å². The second kappa shape index (κ2) is 7.53. The standard InChI is InChI=1S/C18H30N2O4/c1-18(2,3)24-17(23)19-15(12-8-10-14(21)11-9-12)16(22)20(4)13-6-5-7-13/h12-13,15H,5-11H2,1-4H3,(H,19,23). The molecule has 0 aromatic heterocycles. The number of ether oxygens (including phenoxy) is 1. The van der Waals surface area contributed by atoms with Gasteiger partial charge in [-0.05, 0) is 58.8 Å². The van der Waals surface area contributed by atoms with E-state index in [0.29, 0.717) is 25.7 Å². The highest BCUT2D eigenvalue weighted by atomic mass is 16.6. The second-order valence-electron chi connectivity index (χ2n) is 8.03. The van der Waals surface area contributed by atoms with Crippen molar-refractivity contribution in [3.8, 4) is 0 Å². The summed E-state index contributed by atoms with van der Waals surface area (Å²) in [4.78, 5) is 38.4. The van der Waals surface area contributed by atoms with Crippen LogP contribution in [0.2, 0.25) is 0 Å². The molecule has 6 heteroatoms. The molecule has 0 radical (unpaired) electrons. The maximum Gasteiger partial charge on any atom is 0.408 e. The van der Waals surface area contributed by atoms with Gasteiger partial charge >= 0.3 is 6.09 Å². The summed E-state index contributed by atoms with van der Waals surface area (Å²) in [6, 6.07) is -0.343. The fourth-order valence-corrected chi connectivity index (χ4v) is 3.28. The predicted octanol–water partition coefficient (Wildman–Crippen LogP) is 2.65. The highest BCUT2D eigenvalue weighted by Crippen LogP contribution is 2.29. The minimum atomic E-state index is -0.612. The Bertz CT molecular complexity index is 484. The molecule has 1 atom stereocenters. The highest BCUT2D eigenvalue weighted by Gasteiger charge is 2.38. The third kappa shape index (κ3) is 4.95. The third-order valence-corrected chi connectivity index (χ3v) is 4.97. The molecule has 2 aliphatic carbocycles. The second-order valence-corrected chi connectivity index (χ2v) is 8.03. The van der Waals surface area contributed by atoms with Crippen LogP contribution in [0.1, 0.15) is 65.7 Å². The van der Waals surface area contributed by atoms with E-state index in [1.807, 2.05) is 7.05 Å². The number of hydrogen-bond donors (Lipinski definition) is 1. The molecular formula is C18H30N2O4. The van der Waals surface area contributed by atoms with Crippen LogP contribution in [0.5, 0.6) is 0 Å². The van der Waals surface area contributed by atoms with Gasteiger partial charge in [0, 0.05) is 25.9 Å². The molecule has 1 N–H and O–H groups in total. The van der Waals surface area contributed by atoms with Crippen LogP contribution >= 0.6 is 0 Å². The monoisotopic (exact) mass is 338 g/mol. The van der Waals surface area contributed by atoms with Gasteiger partial charge in [0.05, 0.1) is 0 Å². The number of nitrogens with zero attached hydrogens (tertiary/aromatic N) is 1. The minimum absolute atomic E-state index is 0.00903. The van der Waals surface area contributed by atoms with Crippen molar-refractivity contribution in [2.24, 2.45) is 5.92 Å². The molecule has 0 heterocycles. The number of hydrogen-bond acceptors (Lipinski definition) is 4. The zero-order valence-electron chi connectivity index (χ0n) is 15.3. The summed E-state index contributed by atoms with van der Waals surface area (Å²) >= 11 is 0. The maximum absolute atomic E-state index is 12.9. The van der Waals surface area contributed by atoms with Crippen molar-refractivity contribution >= 4 is 17.8 Å². The van der Waals surface area contributed by atoms with Gasteiger partial charge in [-0.1, -0.05) is 0 Å². The van der Waals surface area contributed by atoms with Gasteiger partial charge in [-0.2, -0.15) is 0 Å². The summed E-state index contributed by atoms with van der Waals surface area (Å²) in [5.74, 6) is 0.164. The van der Waals surface area contributed by atoms with Gasteiger partial charge in [-0.25, -0.2) is 4.79 Å². The first-order valence-electron chi connectivity index (χ1n) is 8.95. The molecule has 136 valence electrons. The number of ketones is 1. The Kier molecular flexibility index (Phi) is 5.88. The molecule has 0 bridgehead atoms. The van der Waals surface area contributed by atoms with Crippen LogP contribution in [0, 0.1) is 5.92 Å². The smallest absolute Gasteiger partial charge is 0.408 e. The first-order valence-corrected chi connectivity index (χ1v) is 8.95. The quantitative estimate of drug-likeness (QED) is 0.855. The molecule has 0 aliphatic heterocycles. The first kappa shape index (κ1) is 18.7. The predicted molar refractivity (Wildman–Crippen MR) is 90.5 cm³/mol. The Morgan fingerprint density at radius 2 is 1.75 bits per heavy atom. The SMILES string of the molecule is CN(C(=O)C(NC(=O)OC(C)(C)C)C1CCC(=O)CC1)C1CCC1. The average Bonchev–Trinajstić information content (AvgIpc) is 2.41. The summed E-state index contributed by atoms with van der Waals surface area (Å²) in [5, 5.41) is 2.78. The fraction of sp³-hybridized carbons (Fsp3) is 0.833. The van der Waals surface area contributed by atoms with Gasteiger partial charge in [-0.3, -0.25) is 9.59 Å². The zero-order chi connectivity index (χ0) is 17.9. The summed E-state index contributed by atoms with van der Waals surface area (Å²) in [7, 11) is 1.81. The summed E-state index contributed by atoms with van der Waals surface area (Å²) in [6.45, 7) is 5.38. The van der Waals surface area contributed by atoms with Gasteiger partial charge in [0.1, 0.15) is 17.4 Å². The lowest BCUT2D eigenvalue weighted by Gasteiger charge is -2.39. The number of likely N-dealkylation sites (N-methyl/N-ethyl adjacent to an activating group) is 1. The molecule has 2 fully saturated rings. The zero-order valence-corrected chi connectivity index (χ0v) is 15.3. The molecule has 0 aromatic rings. The number of rotatable bonds is 4. The third-order valence-electron chi connectivity index (χ3n) is 4.97. The van der Waals surface area contributed by atoms with Crippen molar-refractivity contribution < 1.29 is 19.1 Å². The molecule has 2 saturated carbocycles. The van der Waals surface area contributed by atoms with Crippen LogP contribution in [0.15, 0.2) is 0 Å². The van der Waals surface area contributed by atoms with Gasteiger partial charge < -0.3 is 15.0 Å². The van der Waals surface area contributed by atoms with E-state index in [9.17, 15) is 14.4 Å². The van der Waals surface area contributed by atoms with Gasteiger partial charge in [0.25, 0.3) is 0 Å². The average molecular weight is 338 g/mol. The summed E-state index contributed by atoms with van der Waals surface area (Å²) < 4.78 is 5.32. The van der Waals surface area contributed by atoms with Crippen molar-refractivity contribution in [3.63, 3.8) is 0 Å². The van der Waals surface area contributed by atoms with Crippen LogP contribution in [-0.4, -0.2) is 47.4 Å². The van der Waals surface area contributed by atoms with E-state index < -0.39 is 17.7 Å². The number of carbonyl (C=O) groups is 3. The van der Waals surface area contributed by atoms with Crippen LogP contribution in [-0.2, 0) is 14.3 Å². The molecule has 0 spiro atoms. The van der Waals surface area contributed by atoms with E-state index in [-0.39, 0.29) is 23.7 Å². The molecule has 2 rings (SSSR count). The molecule has 6 nitrogen and oxygen atoms in total. The van der Waals surface area contributed by atoms with Crippen LogP contribution in [0.25, 0.3) is 0 Å². The van der Waals surface area contributed by atoms with Gasteiger partial charge in [-0.15, -0.1) is 0 Å². The number of carbonyl (C=O) groups excluding carboxylic acids is 3. The van der Waals surface area contributed by atoms with Crippen molar-refractivity contribution in [2.75, 3.05) is 7.05 Å². The topological polar surface area (TPSA) is 75.7 Å². The Morgan fingerprint density at radius 3 is 2.21 bits per heavy atom. The first-order chi connectivity index (χ1) is 11.2. The summed E-state index contributed by atoms with van der Waals surface area (Å²) in [5.41, 5.74) is -0.611. The Balaban J connectivity index is 2.06. The Hall–Kier alpha value is -1.59. The van der Waals surface area contributed by atoms with Crippen molar-refractivity contribution in [1.29, 1.82) is 0 Å². The van der Waals surface area contributed by atoms with Crippen LogP contribution in [0.4, 0.5) is 4.79 Å². The molecule has 2 aliphatic rings. The maximum atomic E-state index is 12.9. The Labute approximate surface area is 144 Å². The van der Waals surface area contributed by atoms with E-state index in [2.05, 4.69) is 5.32 Å². The highest BCUT2D eigenvalue weighted by molar-refractivity contribution is 5.87. The molecule has 2 amide bonds. The van der Waals surface area contributed by atoms with E-state index in [1.54, 1.807) is 25.7 Å². The molecule has 24 heavy (non-hydrogen) atoms. The van der Waals surface area contributed by atoms with Crippen molar-refractivity contribution in [3.05, 3.63) is 0 Å². The van der Waals surface area contributed by atoms with Crippen LogP contribution in [0.3, 0.4) is 0 Å². The molecule has 0 saturated heterocycles. The molecule has 0 aromatic carbocycles. The van der Waals surface area contributed by atoms with Crippen LogP contribution < -0.4 is 5.32 Å². The number of alkyl carbamates (subject to hydrolysis) is 1. The van der Waals surface area contributed by atoms with Gasteiger partial charge in [0.15, 0.2) is 0 Å². The van der Waals surface area contributed by atoms with E-state index in [1.165, 1.54) is 0 Å². The number of amides is 2. The number of nitrogens with one attached hydrogen (secondary N) is 1. The van der Waals surface area contributed by atoms with E-state index >= 15 is 0 Å². The normalized spacial score (nSPS) is 20.9.